The standard InChI is InChI=1S/C28H26F6N4O7/c1-27(2,3)45-26(41)37(10-9-20-22(38(42)43)7-8-23(36-20)44-4)13-15-19(6-5-17(29)24(15)31)35-21-12-16(28(32,33)34)18(30)11-14(21)25(39)40/h5-8,11-12,35H,9-10,13H2,1-4H3,(H,39,40). The number of aromatic nitrogens is 1. The quantitative estimate of drug-likeness (QED) is 0.137. The number of ether oxygens (including phenoxy) is 2. The van der Waals surface area contributed by atoms with Crippen molar-refractivity contribution >= 4 is 29.1 Å². The highest BCUT2D eigenvalue weighted by Gasteiger charge is 2.36. The van der Waals surface area contributed by atoms with Crippen LogP contribution in [-0.4, -0.2) is 51.2 Å². The number of carbonyl (C=O) groups is 2. The molecule has 2 N–H and O–H groups in total. The maximum absolute atomic E-state index is 15.3. The number of nitrogens with one attached hydrogen (secondary N) is 1. The minimum absolute atomic E-state index is 0.00818. The van der Waals surface area contributed by atoms with E-state index in [1.54, 1.807) is 0 Å². The number of rotatable bonds is 10. The number of carbonyl (C=O) groups excluding carboxylic acids is 1. The third-order valence-electron chi connectivity index (χ3n) is 6.06. The van der Waals surface area contributed by atoms with Crippen LogP contribution < -0.4 is 10.1 Å². The third-order valence-corrected chi connectivity index (χ3v) is 6.06. The van der Waals surface area contributed by atoms with E-state index in [9.17, 15) is 46.8 Å². The average Bonchev–Trinajstić information content (AvgIpc) is 2.92. The number of halogens is 6. The van der Waals surface area contributed by atoms with E-state index < -0.39 is 93.1 Å². The van der Waals surface area contributed by atoms with Gasteiger partial charge in [-0.05, 0) is 45.0 Å². The number of pyridine rings is 1. The van der Waals surface area contributed by atoms with Crippen LogP contribution in [0.15, 0.2) is 36.4 Å². The first-order valence-electron chi connectivity index (χ1n) is 12.9. The van der Waals surface area contributed by atoms with Crippen LogP contribution in [0.25, 0.3) is 0 Å². The van der Waals surface area contributed by atoms with Gasteiger partial charge < -0.3 is 24.8 Å². The van der Waals surface area contributed by atoms with Crippen molar-refractivity contribution < 1.29 is 55.4 Å². The molecule has 242 valence electrons. The van der Waals surface area contributed by atoms with Crippen molar-refractivity contribution in [2.75, 3.05) is 19.0 Å². The lowest BCUT2D eigenvalue weighted by molar-refractivity contribution is -0.386. The van der Waals surface area contributed by atoms with Gasteiger partial charge in [0.15, 0.2) is 11.6 Å². The first-order chi connectivity index (χ1) is 20.8. The lowest BCUT2D eigenvalue weighted by Gasteiger charge is -2.28. The Kier molecular flexibility index (Phi) is 10.1. The lowest BCUT2D eigenvalue weighted by Crippen LogP contribution is -2.38. The van der Waals surface area contributed by atoms with E-state index in [1.165, 1.54) is 33.9 Å². The highest BCUT2D eigenvalue weighted by molar-refractivity contribution is 5.95. The van der Waals surface area contributed by atoms with Gasteiger partial charge in [-0.1, -0.05) is 0 Å². The first kappa shape index (κ1) is 34.4. The van der Waals surface area contributed by atoms with Crippen LogP contribution in [0.1, 0.15) is 48.0 Å². The van der Waals surface area contributed by atoms with Gasteiger partial charge in [-0.15, -0.1) is 0 Å². The van der Waals surface area contributed by atoms with Crippen molar-refractivity contribution in [3.05, 3.63) is 86.3 Å². The van der Waals surface area contributed by atoms with Gasteiger partial charge in [-0.25, -0.2) is 27.7 Å². The Morgan fingerprint density at radius 2 is 1.71 bits per heavy atom. The molecule has 2 aromatic carbocycles. The minimum Gasteiger partial charge on any atom is -0.481 e. The molecular weight excluding hydrogens is 618 g/mol. The van der Waals surface area contributed by atoms with Gasteiger partial charge >= 0.3 is 18.2 Å². The predicted molar refractivity (Wildman–Crippen MR) is 146 cm³/mol. The van der Waals surface area contributed by atoms with E-state index >= 15 is 4.39 Å². The third kappa shape index (κ3) is 8.51. The Hall–Kier alpha value is -5.09. The fourth-order valence-electron chi connectivity index (χ4n) is 4.01. The van der Waals surface area contributed by atoms with Gasteiger partial charge in [-0.2, -0.15) is 13.2 Å². The minimum atomic E-state index is -5.24. The molecule has 0 unspecified atom stereocenters. The molecular formula is C28H26F6N4O7. The topological polar surface area (TPSA) is 144 Å². The molecule has 3 rings (SSSR count). The summed E-state index contributed by atoms with van der Waals surface area (Å²) >= 11 is 0. The Balaban J connectivity index is 2.10. The highest BCUT2D eigenvalue weighted by atomic mass is 19.4. The molecule has 1 aromatic heterocycles. The van der Waals surface area contributed by atoms with E-state index in [-0.39, 0.29) is 30.1 Å². The molecule has 11 nitrogen and oxygen atoms in total. The summed E-state index contributed by atoms with van der Waals surface area (Å²) in [4.78, 5) is 40.6. The molecule has 1 heterocycles. The summed E-state index contributed by atoms with van der Waals surface area (Å²) in [5.41, 5.74) is -6.42. The Morgan fingerprint density at radius 3 is 2.27 bits per heavy atom. The zero-order valence-corrected chi connectivity index (χ0v) is 24.1. The van der Waals surface area contributed by atoms with E-state index in [0.29, 0.717) is 6.07 Å². The second kappa shape index (κ2) is 13.3. The number of methoxy groups -OCH3 is 1. The zero-order chi connectivity index (χ0) is 33.9. The fourth-order valence-corrected chi connectivity index (χ4v) is 4.01. The molecule has 0 fully saturated rings. The van der Waals surface area contributed by atoms with Gasteiger partial charge in [0.2, 0.25) is 5.88 Å². The molecule has 0 atom stereocenters. The number of hydrogen-bond donors (Lipinski definition) is 2. The lowest BCUT2D eigenvalue weighted by atomic mass is 10.1. The molecule has 0 aliphatic carbocycles. The van der Waals surface area contributed by atoms with Gasteiger partial charge in [0.25, 0.3) is 5.69 Å². The van der Waals surface area contributed by atoms with Crippen molar-refractivity contribution in [3.63, 3.8) is 0 Å². The Labute approximate surface area is 251 Å². The van der Waals surface area contributed by atoms with Gasteiger partial charge in [0.1, 0.15) is 17.1 Å². The molecule has 0 radical (unpaired) electrons. The SMILES string of the molecule is COc1ccc([N+](=O)[O-])c(CCN(Cc2c(Nc3cc(C(F)(F)F)c(F)cc3C(=O)O)ccc(F)c2F)C(=O)OC(C)(C)C)n1. The van der Waals surface area contributed by atoms with Crippen LogP contribution in [0.4, 0.5) is 48.2 Å². The Morgan fingerprint density at radius 1 is 1.04 bits per heavy atom. The van der Waals surface area contributed by atoms with Gasteiger partial charge in [0.05, 0.1) is 35.4 Å². The van der Waals surface area contributed by atoms with Crippen molar-refractivity contribution in [3.8, 4) is 5.88 Å². The molecule has 45 heavy (non-hydrogen) atoms. The van der Waals surface area contributed by atoms with Crippen LogP contribution in [0.5, 0.6) is 5.88 Å². The van der Waals surface area contributed by atoms with E-state index in [1.807, 2.05) is 0 Å². The molecule has 0 aliphatic rings. The van der Waals surface area contributed by atoms with Crippen molar-refractivity contribution in [2.24, 2.45) is 0 Å². The number of anilines is 2. The number of aromatic carboxylic acids is 1. The van der Waals surface area contributed by atoms with Crippen LogP contribution in [-0.2, 0) is 23.9 Å². The Bertz CT molecular complexity index is 1630. The molecule has 0 saturated carbocycles. The van der Waals surface area contributed by atoms with Crippen LogP contribution >= 0.6 is 0 Å². The van der Waals surface area contributed by atoms with E-state index in [4.69, 9.17) is 9.47 Å². The zero-order valence-electron chi connectivity index (χ0n) is 24.1. The van der Waals surface area contributed by atoms with Crippen LogP contribution in [0.3, 0.4) is 0 Å². The van der Waals surface area contributed by atoms with Gasteiger partial charge in [0, 0.05) is 36.3 Å². The van der Waals surface area contributed by atoms with Crippen molar-refractivity contribution in [1.82, 2.24) is 9.88 Å². The number of amides is 1. The van der Waals surface area contributed by atoms with E-state index in [2.05, 4.69) is 10.3 Å². The maximum Gasteiger partial charge on any atom is 0.419 e. The molecule has 0 spiro atoms. The molecule has 0 bridgehead atoms. The van der Waals surface area contributed by atoms with Crippen molar-refractivity contribution in [1.29, 1.82) is 0 Å². The van der Waals surface area contributed by atoms with Crippen LogP contribution in [0, 0.1) is 27.6 Å². The smallest absolute Gasteiger partial charge is 0.419 e. The summed E-state index contributed by atoms with van der Waals surface area (Å²) in [5, 5.41) is 23.3. The summed E-state index contributed by atoms with van der Waals surface area (Å²) in [6.07, 6.45) is -6.64. The van der Waals surface area contributed by atoms with Crippen LogP contribution in [0.2, 0.25) is 0 Å². The number of nitrogens with zero attached hydrogens (tertiary/aromatic N) is 3. The summed E-state index contributed by atoms with van der Waals surface area (Å²) in [6, 6.07) is 4.09. The molecule has 0 aliphatic heterocycles. The first-order valence-corrected chi connectivity index (χ1v) is 12.9. The normalized spacial score (nSPS) is 11.6. The predicted octanol–water partition coefficient (Wildman–Crippen LogP) is 6.86. The summed E-state index contributed by atoms with van der Waals surface area (Å²) in [7, 11) is 1.26. The largest absolute Gasteiger partial charge is 0.481 e. The number of nitro groups is 1. The number of benzene rings is 2. The van der Waals surface area contributed by atoms with Gasteiger partial charge in [-0.3, -0.25) is 10.1 Å². The molecule has 17 heteroatoms. The molecule has 3 aromatic rings. The summed E-state index contributed by atoms with van der Waals surface area (Å²) in [6.45, 7) is 3.27. The number of carboxylic acids is 1. The second-order valence-corrected chi connectivity index (χ2v) is 10.4. The molecule has 1 amide bonds. The summed E-state index contributed by atoms with van der Waals surface area (Å²) < 4.78 is 94.4. The average molecular weight is 645 g/mol. The maximum atomic E-state index is 15.3. The molecule has 0 saturated heterocycles. The number of alkyl halides is 3. The monoisotopic (exact) mass is 644 g/mol. The van der Waals surface area contributed by atoms with Crippen molar-refractivity contribution in [2.45, 2.75) is 45.5 Å². The second-order valence-electron chi connectivity index (χ2n) is 10.4. The fraction of sp³-hybridized carbons (Fsp3) is 0.321. The van der Waals surface area contributed by atoms with E-state index in [0.717, 1.165) is 17.0 Å². The number of carboxylic acid groups (broad SMARTS) is 1. The number of hydrogen-bond acceptors (Lipinski definition) is 8. The summed E-state index contributed by atoms with van der Waals surface area (Å²) in [5.74, 6) is -6.70. The highest BCUT2D eigenvalue weighted by Crippen LogP contribution is 2.37.